The summed E-state index contributed by atoms with van der Waals surface area (Å²) in [5.41, 5.74) is 1.48. The van der Waals surface area contributed by atoms with Crippen molar-refractivity contribution >= 4 is 11.9 Å². The third kappa shape index (κ3) is 6.77. The molecule has 186 valence electrons. The first-order chi connectivity index (χ1) is 15.9. The van der Waals surface area contributed by atoms with Gasteiger partial charge in [-0.3, -0.25) is 14.3 Å². The lowest BCUT2D eigenvalue weighted by Crippen LogP contribution is -2.32. The highest BCUT2D eigenvalue weighted by Crippen LogP contribution is 2.31. The Kier molecular flexibility index (Phi) is 7.94. The minimum Gasteiger partial charge on any atom is -0.487 e. The molecule has 1 aliphatic rings. The summed E-state index contributed by atoms with van der Waals surface area (Å²) in [6.07, 6.45) is 6.38. The van der Waals surface area contributed by atoms with E-state index in [0.717, 1.165) is 19.3 Å². The Hall–Kier alpha value is -2.97. The molecular weight excluding hydrogens is 436 g/mol. The van der Waals surface area contributed by atoms with Gasteiger partial charge in [-0.25, -0.2) is 9.97 Å². The van der Waals surface area contributed by atoms with Gasteiger partial charge in [-0.2, -0.15) is 5.10 Å². The van der Waals surface area contributed by atoms with Gasteiger partial charge in [-0.05, 0) is 67.2 Å². The fourth-order valence-electron chi connectivity index (χ4n) is 4.05. The van der Waals surface area contributed by atoms with Crippen LogP contribution in [0.3, 0.4) is 0 Å². The number of aryl methyl sites for hydroxylation is 2. The summed E-state index contributed by atoms with van der Waals surface area (Å²) >= 11 is 0. The predicted octanol–water partition coefficient (Wildman–Crippen LogP) is 3.96. The van der Waals surface area contributed by atoms with Crippen LogP contribution in [0.2, 0.25) is 0 Å². The fraction of sp³-hybridized carbons (Fsp3) is 0.640. The van der Waals surface area contributed by atoms with Crippen molar-refractivity contribution in [3.05, 3.63) is 23.8 Å². The summed E-state index contributed by atoms with van der Waals surface area (Å²) in [6.45, 7) is 11.1. The van der Waals surface area contributed by atoms with Crippen molar-refractivity contribution in [3.63, 3.8) is 0 Å². The number of hydrogen-bond donors (Lipinski definition) is 0. The summed E-state index contributed by atoms with van der Waals surface area (Å²) < 4.78 is 18.7. The van der Waals surface area contributed by atoms with E-state index in [1.165, 1.54) is 0 Å². The average molecular weight is 473 g/mol. The van der Waals surface area contributed by atoms with Crippen LogP contribution in [0.5, 0.6) is 5.75 Å². The van der Waals surface area contributed by atoms with Crippen molar-refractivity contribution in [2.45, 2.75) is 91.5 Å². The van der Waals surface area contributed by atoms with Crippen LogP contribution in [0, 0.1) is 12.8 Å². The summed E-state index contributed by atoms with van der Waals surface area (Å²) in [7, 11) is 1.78. The first-order valence-electron chi connectivity index (χ1n) is 11.9. The lowest BCUT2D eigenvalue weighted by atomic mass is 9.87. The highest BCUT2D eigenvalue weighted by molar-refractivity contribution is 5.75. The summed E-state index contributed by atoms with van der Waals surface area (Å²) in [5, 5.41) is 4.29. The normalized spacial score (nSPS) is 18.6. The van der Waals surface area contributed by atoms with Gasteiger partial charge in [0.1, 0.15) is 5.60 Å². The maximum Gasteiger partial charge on any atom is 0.312 e. The van der Waals surface area contributed by atoms with Gasteiger partial charge >= 0.3 is 11.9 Å². The second kappa shape index (κ2) is 10.5. The van der Waals surface area contributed by atoms with Crippen LogP contribution >= 0.6 is 0 Å². The maximum absolute atomic E-state index is 12.4. The third-order valence-corrected chi connectivity index (χ3v) is 5.57. The number of hydrogen-bond acceptors (Lipinski definition) is 8. The average Bonchev–Trinajstić information content (AvgIpc) is 3.08. The summed E-state index contributed by atoms with van der Waals surface area (Å²) in [6, 6.07) is 0. The van der Waals surface area contributed by atoms with Crippen LogP contribution in [0.1, 0.15) is 71.7 Å². The molecule has 0 bridgehead atoms. The maximum atomic E-state index is 12.4. The van der Waals surface area contributed by atoms with Crippen molar-refractivity contribution in [1.82, 2.24) is 19.7 Å². The molecule has 1 unspecified atom stereocenters. The molecule has 2 aromatic heterocycles. The molecule has 1 aliphatic carbocycles. The van der Waals surface area contributed by atoms with E-state index >= 15 is 0 Å². The number of ether oxygens (including phenoxy) is 3. The van der Waals surface area contributed by atoms with Gasteiger partial charge in [0.05, 0.1) is 53.9 Å². The molecule has 0 spiro atoms. The van der Waals surface area contributed by atoms with Crippen molar-refractivity contribution < 1.29 is 23.8 Å². The number of esters is 2. The Balaban J connectivity index is 1.71. The van der Waals surface area contributed by atoms with Gasteiger partial charge < -0.3 is 14.2 Å². The minimum absolute atomic E-state index is 0.0691. The molecule has 0 aromatic carbocycles. The molecular formula is C25H36N4O5. The van der Waals surface area contributed by atoms with Gasteiger partial charge in [-0.15, -0.1) is 0 Å². The standard InChI is InChI=1S/C25H36N4O5/c1-15(2)32-24(31)17-9-8-10-18(11-17)33-21-14-26-23(28-16(21)3)19-13-27-29(7)20(19)12-22(30)34-25(4,5)6/h13-15,17-18H,8-12H2,1-7H3/t17?,18-/m0/s1. The largest absolute Gasteiger partial charge is 0.487 e. The van der Waals surface area contributed by atoms with Crippen molar-refractivity contribution in [2.24, 2.45) is 13.0 Å². The third-order valence-electron chi connectivity index (χ3n) is 5.57. The van der Waals surface area contributed by atoms with E-state index in [2.05, 4.69) is 15.1 Å². The van der Waals surface area contributed by atoms with Crippen molar-refractivity contribution in [2.75, 3.05) is 0 Å². The Labute approximate surface area is 201 Å². The van der Waals surface area contributed by atoms with E-state index in [9.17, 15) is 9.59 Å². The smallest absolute Gasteiger partial charge is 0.312 e. The first kappa shape index (κ1) is 25.6. The van der Waals surface area contributed by atoms with Crippen LogP contribution in [-0.2, 0) is 32.5 Å². The zero-order valence-electron chi connectivity index (χ0n) is 21.3. The molecule has 3 rings (SSSR count). The number of carbonyl (C=O) groups is 2. The van der Waals surface area contributed by atoms with Gasteiger partial charge in [0.15, 0.2) is 11.6 Å². The summed E-state index contributed by atoms with van der Waals surface area (Å²) in [5.74, 6) is 0.424. The van der Waals surface area contributed by atoms with E-state index < -0.39 is 5.60 Å². The Bertz CT molecular complexity index is 1020. The number of nitrogens with zero attached hydrogens (tertiary/aromatic N) is 4. The van der Waals surface area contributed by atoms with Crippen molar-refractivity contribution in [3.8, 4) is 17.1 Å². The zero-order valence-corrected chi connectivity index (χ0v) is 21.3. The molecule has 9 nitrogen and oxygen atoms in total. The van der Waals surface area contributed by atoms with Gasteiger partial charge in [0.25, 0.3) is 0 Å². The van der Waals surface area contributed by atoms with Crippen LogP contribution < -0.4 is 4.74 Å². The van der Waals surface area contributed by atoms with Crippen LogP contribution in [0.25, 0.3) is 11.4 Å². The Morgan fingerprint density at radius 2 is 1.94 bits per heavy atom. The molecule has 0 N–H and O–H groups in total. The number of rotatable bonds is 7. The molecule has 0 aliphatic heterocycles. The van der Waals surface area contributed by atoms with Gasteiger partial charge in [0.2, 0.25) is 0 Å². The fourth-order valence-corrected chi connectivity index (χ4v) is 4.05. The molecule has 2 heterocycles. The van der Waals surface area contributed by atoms with Crippen LogP contribution in [0.15, 0.2) is 12.4 Å². The SMILES string of the molecule is Cc1nc(-c2cnn(C)c2CC(=O)OC(C)(C)C)ncc1O[C@H]1CCCC(C(=O)OC(C)C)C1. The number of carbonyl (C=O) groups excluding carboxylic acids is 2. The second-order valence-corrected chi connectivity index (χ2v) is 10.1. The zero-order chi connectivity index (χ0) is 25.0. The highest BCUT2D eigenvalue weighted by atomic mass is 16.6. The van der Waals surface area contributed by atoms with E-state index in [1.54, 1.807) is 24.1 Å². The molecule has 2 aromatic rings. The monoisotopic (exact) mass is 472 g/mol. The molecule has 2 atom stereocenters. The minimum atomic E-state index is -0.564. The Morgan fingerprint density at radius 3 is 2.59 bits per heavy atom. The lowest BCUT2D eigenvalue weighted by molar-refractivity contribution is -0.155. The van der Waals surface area contributed by atoms with Crippen molar-refractivity contribution in [1.29, 1.82) is 0 Å². The highest BCUT2D eigenvalue weighted by Gasteiger charge is 2.30. The van der Waals surface area contributed by atoms with Gasteiger partial charge in [-0.1, -0.05) is 0 Å². The summed E-state index contributed by atoms with van der Waals surface area (Å²) in [4.78, 5) is 33.8. The van der Waals surface area contributed by atoms with Crippen LogP contribution in [-0.4, -0.2) is 49.5 Å². The van der Waals surface area contributed by atoms with E-state index in [1.807, 2.05) is 41.5 Å². The molecule has 1 fully saturated rings. The van der Waals surface area contributed by atoms with Gasteiger partial charge in [0, 0.05) is 7.05 Å². The molecule has 0 radical (unpaired) electrons. The molecule has 9 heteroatoms. The molecule has 0 amide bonds. The lowest BCUT2D eigenvalue weighted by Gasteiger charge is -2.29. The topological polar surface area (TPSA) is 105 Å². The predicted molar refractivity (Wildman–Crippen MR) is 126 cm³/mol. The Morgan fingerprint density at radius 1 is 1.21 bits per heavy atom. The second-order valence-electron chi connectivity index (χ2n) is 10.1. The number of aromatic nitrogens is 4. The van der Waals surface area contributed by atoms with Crippen LogP contribution in [0.4, 0.5) is 0 Å². The van der Waals surface area contributed by atoms with E-state index in [-0.39, 0.29) is 36.5 Å². The molecule has 34 heavy (non-hydrogen) atoms. The molecule has 0 saturated heterocycles. The quantitative estimate of drug-likeness (QED) is 0.558. The van der Waals surface area contributed by atoms with E-state index in [4.69, 9.17) is 14.2 Å². The van der Waals surface area contributed by atoms with E-state index in [0.29, 0.717) is 34.9 Å². The molecule has 1 saturated carbocycles. The first-order valence-corrected chi connectivity index (χ1v) is 11.9.